The lowest BCUT2D eigenvalue weighted by Crippen LogP contribution is -2.36. The molecule has 0 saturated carbocycles. The molecule has 4 heteroatoms. The van der Waals surface area contributed by atoms with Gasteiger partial charge >= 0.3 is 6.18 Å². The fourth-order valence-electron chi connectivity index (χ4n) is 1.18. The molecule has 0 radical (unpaired) electrons. The number of halogens is 4. The van der Waals surface area contributed by atoms with Crippen LogP contribution in [-0.4, -0.2) is 6.18 Å². The van der Waals surface area contributed by atoms with Gasteiger partial charge in [-0.15, -0.1) is 0 Å². The van der Waals surface area contributed by atoms with Crippen molar-refractivity contribution in [2.45, 2.75) is 26.2 Å². The number of rotatable bonds is 2. The third kappa shape index (κ3) is 2.30. The van der Waals surface area contributed by atoms with Crippen molar-refractivity contribution in [3.8, 4) is 0 Å². The van der Waals surface area contributed by atoms with Crippen molar-refractivity contribution in [3.63, 3.8) is 0 Å². The maximum Gasteiger partial charge on any atom is 0.397 e. The lowest BCUT2D eigenvalue weighted by atomic mass is 9.83. The quantitative estimate of drug-likeness (QED) is 0.652. The van der Waals surface area contributed by atoms with Gasteiger partial charge in [0.2, 0.25) is 0 Å². The highest BCUT2D eigenvalue weighted by molar-refractivity contribution is 5.19. The van der Waals surface area contributed by atoms with Crippen LogP contribution in [-0.2, 0) is 0 Å². The second-order valence-electron chi connectivity index (χ2n) is 3.99. The van der Waals surface area contributed by atoms with E-state index in [1.54, 1.807) is 6.07 Å². The maximum absolute atomic E-state index is 13.7. The first-order chi connectivity index (χ1) is 6.77. The molecule has 1 aromatic carbocycles. The Hall–Kier alpha value is -1.06. The van der Waals surface area contributed by atoms with Gasteiger partial charge in [-0.2, -0.15) is 13.2 Å². The summed E-state index contributed by atoms with van der Waals surface area (Å²) >= 11 is 0. The van der Waals surface area contributed by atoms with E-state index in [-0.39, 0.29) is 5.56 Å². The Morgan fingerprint density at radius 2 is 1.47 bits per heavy atom. The molecule has 1 aromatic rings. The van der Waals surface area contributed by atoms with E-state index in [0.29, 0.717) is 0 Å². The molecule has 0 amide bonds. The van der Waals surface area contributed by atoms with E-state index in [4.69, 9.17) is 0 Å². The maximum atomic E-state index is 13.7. The van der Waals surface area contributed by atoms with Gasteiger partial charge in [-0.05, 0) is 19.4 Å². The van der Waals surface area contributed by atoms with E-state index >= 15 is 0 Å². The van der Waals surface area contributed by atoms with Crippen molar-refractivity contribution in [1.29, 1.82) is 0 Å². The molecule has 1 rings (SSSR count). The van der Waals surface area contributed by atoms with Gasteiger partial charge in [-0.1, -0.05) is 30.3 Å². The van der Waals surface area contributed by atoms with Crippen LogP contribution >= 0.6 is 0 Å². The molecule has 15 heavy (non-hydrogen) atoms. The summed E-state index contributed by atoms with van der Waals surface area (Å²) in [6.07, 6.45) is -6.60. The summed E-state index contributed by atoms with van der Waals surface area (Å²) in [6, 6.07) is 7.40. The molecule has 0 saturated heterocycles. The highest BCUT2D eigenvalue weighted by atomic mass is 19.4. The monoisotopic (exact) mass is 220 g/mol. The van der Waals surface area contributed by atoms with Crippen LogP contribution in [0.1, 0.15) is 25.6 Å². The van der Waals surface area contributed by atoms with Crippen LogP contribution < -0.4 is 0 Å². The molecule has 0 aromatic heterocycles. The van der Waals surface area contributed by atoms with Gasteiger partial charge in [0, 0.05) is 0 Å². The number of alkyl halides is 4. The molecule has 1 unspecified atom stereocenters. The van der Waals surface area contributed by atoms with Crippen LogP contribution in [0.3, 0.4) is 0 Å². The van der Waals surface area contributed by atoms with Crippen molar-refractivity contribution in [3.05, 3.63) is 35.9 Å². The zero-order valence-electron chi connectivity index (χ0n) is 8.48. The number of hydrogen-bond acceptors (Lipinski definition) is 0. The van der Waals surface area contributed by atoms with Gasteiger partial charge in [0.25, 0.3) is 0 Å². The first kappa shape index (κ1) is 12.0. The summed E-state index contributed by atoms with van der Waals surface area (Å²) in [6.45, 7) is 1.73. The number of hydrogen-bond donors (Lipinski definition) is 0. The Morgan fingerprint density at radius 3 is 1.87 bits per heavy atom. The fraction of sp³-hybridized carbons (Fsp3) is 0.455. The average molecular weight is 220 g/mol. The molecule has 84 valence electrons. The van der Waals surface area contributed by atoms with Gasteiger partial charge in [-0.3, -0.25) is 0 Å². The molecule has 0 aliphatic carbocycles. The first-order valence-corrected chi connectivity index (χ1v) is 4.52. The van der Waals surface area contributed by atoms with E-state index in [2.05, 4.69) is 0 Å². The molecule has 0 aliphatic rings. The lowest BCUT2D eigenvalue weighted by Gasteiger charge is -2.31. The predicted molar refractivity (Wildman–Crippen MR) is 50.1 cm³/mol. The minimum atomic E-state index is -4.55. The van der Waals surface area contributed by atoms with Crippen molar-refractivity contribution < 1.29 is 17.6 Å². The second kappa shape index (κ2) is 3.83. The van der Waals surface area contributed by atoms with Gasteiger partial charge < -0.3 is 0 Å². The third-order valence-corrected chi connectivity index (χ3v) is 2.46. The fourth-order valence-corrected chi connectivity index (χ4v) is 1.18. The Kier molecular flexibility index (Phi) is 3.07. The van der Waals surface area contributed by atoms with E-state index < -0.39 is 17.8 Å². The molecule has 1 atom stereocenters. The van der Waals surface area contributed by atoms with Gasteiger partial charge in [0.15, 0.2) is 0 Å². The molecule has 0 nitrogen and oxygen atoms in total. The van der Waals surface area contributed by atoms with Crippen molar-refractivity contribution in [2.24, 2.45) is 5.41 Å². The molecule has 0 aliphatic heterocycles. The van der Waals surface area contributed by atoms with Crippen LogP contribution in [0.15, 0.2) is 30.3 Å². The first-order valence-electron chi connectivity index (χ1n) is 4.52. The van der Waals surface area contributed by atoms with Crippen LogP contribution in [0.25, 0.3) is 0 Å². The third-order valence-electron chi connectivity index (χ3n) is 2.46. The van der Waals surface area contributed by atoms with Crippen LogP contribution in [0.4, 0.5) is 17.6 Å². The minimum absolute atomic E-state index is 0.0554. The van der Waals surface area contributed by atoms with Crippen LogP contribution in [0, 0.1) is 5.41 Å². The summed E-state index contributed by atoms with van der Waals surface area (Å²) in [5.74, 6) is 0. The second-order valence-corrected chi connectivity index (χ2v) is 3.99. The molecule has 0 bridgehead atoms. The molecule has 0 spiro atoms. The van der Waals surface area contributed by atoms with Crippen molar-refractivity contribution >= 4 is 0 Å². The molecule has 0 N–H and O–H groups in total. The predicted octanol–water partition coefficient (Wildman–Crippen LogP) is 4.29. The normalized spacial score (nSPS) is 15.1. The smallest absolute Gasteiger partial charge is 0.241 e. The molecule has 0 heterocycles. The van der Waals surface area contributed by atoms with Gasteiger partial charge in [0.1, 0.15) is 6.17 Å². The van der Waals surface area contributed by atoms with Crippen LogP contribution in [0.5, 0.6) is 0 Å². The summed E-state index contributed by atoms with van der Waals surface area (Å²) in [5.41, 5.74) is -2.31. The summed E-state index contributed by atoms with van der Waals surface area (Å²) < 4.78 is 51.3. The SMILES string of the molecule is CC(C)(C(F)c1ccccc1)C(F)(F)F. The van der Waals surface area contributed by atoms with Crippen LogP contribution in [0.2, 0.25) is 0 Å². The molecule has 0 fully saturated rings. The Labute approximate surface area is 85.9 Å². The summed E-state index contributed by atoms with van der Waals surface area (Å²) in [5, 5.41) is 0. The Balaban J connectivity index is 3.00. The summed E-state index contributed by atoms with van der Waals surface area (Å²) in [4.78, 5) is 0. The van der Waals surface area contributed by atoms with Gasteiger partial charge in [-0.25, -0.2) is 4.39 Å². The molecular formula is C11H12F4. The summed E-state index contributed by atoms with van der Waals surface area (Å²) in [7, 11) is 0. The van der Waals surface area contributed by atoms with Crippen molar-refractivity contribution in [2.75, 3.05) is 0 Å². The van der Waals surface area contributed by atoms with E-state index in [0.717, 1.165) is 13.8 Å². The lowest BCUT2D eigenvalue weighted by molar-refractivity contribution is -0.232. The highest BCUT2D eigenvalue weighted by Gasteiger charge is 2.53. The topological polar surface area (TPSA) is 0 Å². The zero-order valence-corrected chi connectivity index (χ0v) is 8.48. The largest absolute Gasteiger partial charge is 0.397 e. The average Bonchev–Trinajstić information content (AvgIpc) is 2.16. The van der Waals surface area contributed by atoms with E-state index in [9.17, 15) is 17.6 Å². The Bertz CT molecular complexity index is 313. The minimum Gasteiger partial charge on any atom is -0.241 e. The molecular weight excluding hydrogens is 208 g/mol. The van der Waals surface area contributed by atoms with Gasteiger partial charge in [0.05, 0.1) is 5.41 Å². The van der Waals surface area contributed by atoms with E-state index in [1.807, 2.05) is 0 Å². The Morgan fingerprint density at radius 1 is 1.00 bits per heavy atom. The van der Waals surface area contributed by atoms with Crippen molar-refractivity contribution in [1.82, 2.24) is 0 Å². The van der Waals surface area contributed by atoms with E-state index in [1.165, 1.54) is 24.3 Å². The standard InChI is InChI=1S/C11H12F4/c1-10(2,11(13,14)15)9(12)8-6-4-3-5-7-8/h3-7,9H,1-2H3. The highest BCUT2D eigenvalue weighted by Crippen LogP contribution is 2.48. The zero-order chi connectivity index (χ0) is 11.7. The number of benzene rings is 1.